The van der Waals surface area contributed by atoms with Crippen molar-refractivity contribution in [2.24, 2.45) is 0 Å². The summed E-state index contributed by atoms with van der Waals surface area (Å²) in [6.45, 7) is 3.49. The highest BCUT2D eigenvalue weighted by Crippen LogP contribution is 2.29. The molecule has 0 spiro atoms. The van der Waals surface area contributed by atoms with E-state index in [0.29, 0.717) is 22.6 Å². The fourth-order valence-corrected chi connectivity index (χ4v) is 4.47. The van der Waals surface area contributed by atoms with Gasteiger partial charge in [0.2, 0.25) is 5.91 Å². The highest BCUT2D eigenvalue weighted by atomic mass is 35.5. The lowest BCUT2D eigenvalue weighted by Gasteiger charge is -2.30. The Kier molecular flexibility index (Phi) is 8.74. The summed E-state index contributed by atoms with van der Waals surface area (Å²) in [5.74, 6) is -0.286. The fourth-order valence-electron chi connectivity index (χ4n) is 4.34. The van der Waals surface area contributed by atoms with E-state index in [1.54, 1.807) is 13.0 Å². The number of aromatic nitrogens is 2. The number of hydrogen-bond donors (Lipinski definition) is 1. The quantitative estimate of drug-likeness (QED) is 0.258. The molecule has 198 valence electrons. The van der Waals surface area contributed by atoms with Crippen LogP contribution in [0.3, 0.4) is 0 Å². The molecule has 0 saturated carbocycles. The molecule has 3 atom stereocenters. The molecule has 3 aromatic carbocycles. The van der Waals surface area contributed by atoms with E-state index in [2.05, 4.69) is 21.5 Å². The van der Waals surface area contributed by atoms with Gasteiger partial charge in [-0.25, -0.2) is 0 Å². The van der Waals surface area contributed by atoms with Gasteiger partial charge >= 0.3 is 0 Å². The number of ether oxygens (including phenoxy) is 1. The first-order valence-corrected chi connectivity index (χ1v) is 12.7. The Labute approximate surface area is 231 Å². The molecule has 4 aromatic rings. The normalized spacial score (nSPS) is 13.9. The first-order valence-electron chi connectivity index (χ1n) is 12.3. The summed E-state index contributed by atoms with van der Waals surface area (Å²) in [5, 5.41) is 17.2. The summed E-state index contributed by atoms with van der Waals surface area (Å²) in [6, 6.07) is 25.8. The van der Waals surface area contributed by atoms with Crippen molar-refractivity contribution in [2.75, 3.05) is 6.61 Å². The summed E-state index contributed by atoms with van der Waals surface area (Å²) >= 11 is 6.08. The summed E-state index contributed by atoms with van der Waals surface area (Å²) in [5.41, 5.74) is 1.71. The Morgan fingerprint density at radius 3 is 2.59 bits per heavy atom. The Hall–Kier alpha value is -4.48. The number of rotatable bonds is 11. The number of nitriles is 1. The predicted molar refractivity (Wildman–Crippen MR) is 146 cm³/mol. The maximum atomic E-state index is 13.8. The van der Waals surface area contributed by atoms with Crippen molar-refractivity contribution in [3.05, 3.63) is 106 Å². The number of carbonyl (C=O) groups excluding carboxylic acids is 2. The molecule has 1 N–H and O–H groups in total. The molecule has 8 nitrogen and oxygen atoms in total. The van der Waals surface area contributed by atoms with E-state index in [0.717, 1.165) is 11.1 Å². The van der Waals surface area contributed by atoms with Crippen molar-refractivity contribution >= 4 is 24.0 Å². The first kappa shape index (κ1) is 27.6. The van der Waals surface area contributed by atoms with Gasteiger partial charge in [0.25, 0.3) is 12.4 Å². The van der Waals surface area contributed by atoms with Crippen molar-refractivity contribution in [3.63, 3.8) is 0 Å². The van der Waals surface area contributed by atoms with Gasteiger partial charge < -0.3 is 14.6 Å². The number of carbonyl (C=O) groups is 2. The van der Waals surface area contributed by atoms with E-state index in [4.69, 9.17) is 20.9 Å². The van der Waals surface area contributed by atoms with E-state index < -0.39 is 17.4 Å². The van der Waals surface area contributed by atoms with Crippen LogP contribution in [0, 0.1) is 11.3 Å². The molecule has 1 unspecified atom stereocenters. The first-order chi connectivity index (χ1) is 18.8. The molecule has 39 heavy (non-hydrogen) atoms. The monoisotopic (exact) mass is 542 g/mol. The van der Waals surface area contributed by atoms with Crippen LogP contribution in [0.15, 0.2) is 83.4 Å². The molecule has 1 heterocycles. The number of amides is 1. The topological polar surface area (TPSA) is 118 Å². The minimum Gasteiger partial charge on any atom is -0.466 e. The van der Waals surface area contributed by atoms with Crippen LogP contribution in [0.4, 0.5) is 0 Å². The molecular weight excluding hydrogens is 516 g/mol. The second-order valence-electron chi connectivity index (χ2n) is 9.46. The lowest BCUT2D eigenvalue weighted by molar-refractivity contribution is -0.136. The van der Waals surface area contributed by atoms with Crippen LogP contribution < -0.4 is 5.32 Å². The van der Waals surface area contributed by atoms with Crippen molar-refractivity contribution in [1.82, 2.24) is 15.5 Å². The zero-order valence-corrected chi connectivity index (χ0v) is 22.3. The molecule has 0 bridgehead atoms. The van der Waals surface area contributed by atoms with Gasteiger partial charge in [-0.3, -0.25) is 9.59 Å². The van der Waals surface area contributed by atoms with Crippen molar-refractivity contribution in [1.29, 1.82) is 5.26 Å². The number of hydrogen-bond acceptors (Lipinski definition) is 7. The molecule has 0 aliphatic heterocycles. The predicted octanol–water partition coefficient (Wildman–Crippen LogP) is 5.22. The van der Waals surface area contributed by atoms with Gasteiger partial charge in [0.1, 0.15) is 12.0 Å². The number of nitrogens with zero attached hydrogens (tertiary/aromatic N) is 3. The number of nitrogens with one attached hydrogen (secondary N) is 1. The standard InChI is InChI=1S/C30H27ClN4O4/c1-20(26(16-21-11-13-25(31)14-12-21)24-10-6-7-22(15-24)17-32)33-29(37)30(2,18-38-19-36)28-34-27(39-35-28)23-8-4-3-5-9-23/h3-15,19-20,26H,16,18H2,1-2H3,(H,33,37)/t20-,26+,30?/m0/s1. The van der Waals surface area contributed by atoms with Gasteiger partial charge in [-0.05, 0) is 67.8 Å². The lowest BCUT2D eigenvalue weighted by Crippen LogP contribution is -2.50. The minimum atomic E-state index is -1.43. The smallest absolute Gasteiger partial charge is 0.293 e. The van der Waals surface area contributed by atoms with Crippen molar-refractivity contribution in [3.8, 4) is 17.5 Å². The van der Waals surface area contributed by atoms with E-state index in [1.165, 1.54) is 0 Å². The van der Waals surface area contributed by atoms with Crippen LogP contribution in [0.5, 0.6) is 0 Å². The molecule has 1 aromatic heterocycles. The Morgan fingerprint density at radius 1 is 1.15 bits per heavy atom. The molecule has 9 heteroatoms. The van der Waals surface area contributed by atoms with Crippen LogP contribution in [-0.2, 0) is 26.2 Å². The van der Waals surface area contributed by atoms with Gasteiger partial charge in [-0.1, -0.05) is 59.2 Å². The van der Waals surface area contributed by atoms with Gasteiger partial charge in [0, 0.05) is 22.5 Å². The SMILES string of the molecule is C[C@H](NC(=O)C(C)(COC=O)c1noc(-c2ccccc2)n1)[C@@H](Cc1ccc(Cl)cc1)c1cccc(C#N)c1. The third kappa shape index (κ3) is 6.51. The summed E-state index contributed by atoms with van der Waals surface area (Å²) in [7, 11) is 0. The molecule has 0 fully saturated rings. The maximum Gasteiger partial charge on any atom is 0.293 e. The zero-order chi connectivity index (χ0) is 27.8. The van der Waals surface area contributed by atoms with Gasteiger partial charge in [-0.15, -0.1) is 0 Å². The molecule has 1 amide bonds. The van der Waals surface area contributed by atoms with Crippen molar-refractivity contribution in [2.45, 2.75) is 37.6 Å². The van der Waals surface area contributed by atoms with E-state index in [-0.39, 0.29) is 30.7 Å². The Morgan fingerprint density at radius 2 is 1.90 bits per heavy atom. The number of benzene rings is 3. The van der Waals surface area contributed by atoms with Gasteiger partial charge in [0.05, 0.1) is 11.6 Å². The van der Waals surface area contributed by atoms with Crippen LogP contribution in [-0.4, -0.2) is 35.2 Å². The van der Waals surface area contributed by atoms with Crippen molar-refractivity contribution < 1.29 is 18.8 Å². The molecule has 0 aliphatic rings. The van der Waals surface area contributed by atoms with E-state index >= 15 is 0 Å². The second kappa shape index (κ2) is 12.4. The average Bonchev–Trinajstić information content (AvgIpc) is 3.47. The van der Waals surface area contributed by atoms with Crippen LogP contribution in [0.2, 0.25) is 5.02 Å². The van der Waals surface area contributed by atoms with Crippen LogP contribution in [0.25, 0.3) is 11.5 Å². The molecule has 0 saturated heterocycles. The second-order valence-corrected chi connectivity index (χ2v) is 9.90. The summed E-state index contributed by atoms with van der Waals surface area (Å²) in [6.07, 6.45) is 0.579. The highest BCUT2D eigenvalue weighted by Gasteiger charge is 2.42. The molecule has 4 rings (SSSR count). The van der Waals surface area contributed by atoms with Crippen LogP contribution in [0.1, 0.15) is 42.3 Å². The largest absolute Gasteiger partial charge is 0.466 e. The van der Waals surface area contributed by atoms with E-state index in [1.807, 2.05) is 79.7 Å². The Balaban J connectivity index is 1.63. The maximum absolute atomic E-state index is 13.8. The Bertz CT molecular complexity index is 1470. The summed E-state index contributed by atoms with van der Waals surface area (Å²) in [4.78, 5) is 29.3. The fraction of sp³-hybridized carbons (Fsp3) is 0.233. The molecular formula is C30H27ClN4O4. The third-order valence-corrected chi connectivity index (χ3v) is 6.91. The minimum absolute atomic E-state index is 0.0913. The van der Waals surface area contributed by atoms with E-state index in [9.17, 15) is 14.9 Å². The number of halogens is 1. The molecule has 0 aliphatic carbocycles. The van der Waals surface area contributed by atoms with Crippen LogP contribution >= 0.6 is 11.6 Å². The van der Waals surface area contributed by atoms with Gasteiger partial charge in [0.15, 0.2) is 5.82 Å². The highest BCUT2D eigenvalue weighted by molar-refractivity contribution is 6.30. The van der Waals surface area contributed by atoms with Gasteiger partial charge in [-0.2, -0.15) is 10.2 Å². The summed E-state index contributed by atoms with van der Waals surface area (Å²) < 4.78 is 10.5. The molecule has 0 radical (unpaired) electrons. The zero-order valence-electron chi connectivity index (χ0n) is 21.5. The lowest BCUT2D eigenvalue weighted by atomic mass is 9.84. The average molecular weight is 543 g/mol. The third-order valence-electron chi connectivity index (χ3n) is 6.66.